The van der Waals surface area contributed by atoms with Crippen LogP contribution in [0.15, 0.2) is 30.3 Å². The first-order valence-electron chi connectivity index (χ1n) is 6.69. The number of ether oxygens (including phenoxy) is 1. The maximum Gasteiger partial charge on any atom is 0.261 e. The second kappa shape index (κ2) is 6.35. The van der Waals surface area contributed by atoms with E-state index in [9.17, 15) is 4.79 Å². The lowest BCUT2D eigenvalue weighted by atomic mass is 10.2. The Morgan fingerprint density at radius 2 is 2.04 bits per heavy atom. The zero-order chi connectivity index (χ0) is 16.6. The summed E-state index contributed by atoms with van der Waals surface area (Å²) in [5.41, 5.74) is 2.25. The number of thiazole rings is 1. The maximum absolute atomic E-state index is 12.5. The molecule has 0 unspecified atom stereocenters. The molecule has 0 aliphatic heterocycles. The number of nitrogens with one attached hydrogen (secondary N) is 1. The highest BCUT2D eigenvalue weighted by Gasteiger charge is 2.18. The van der Waals surface area contributed by atoms with Crippen LogP contribution < -0.4 is 10.1 Å². The Hall–Kier alpha value is -1.82. The number of carbonyl (C=O) groups excluding carboxylic acids is 1. The van der Waals surface area contributed by atoms with Crippen LogP contribution in [0.4, 0.5) is 5.13 Å². The van der Waals surface area contributed by atoms with Gasteiger partial charge >= 0.3 is 0 Å². The zero-order valence-electron chi connectivity index (χ0n) is 12.3. The molecular weight excluding hydrogens is 355 g/mol. The van der Waals surface area contributed by atoms with Gasteiger partial charge in [-0.15, -0.1) is 0 Å². The normalized spacial score (nSPS) is 10.8. The predicted octanol–water partition coefficient (Wildman–Crippen LogP) is 5.17. The third-order valence-corrected chi connectivity index (χ3v) is 4.65. The van der Waals surface area contributed by atoms with E-state index in [0.717, 1.165) is 15.8 Å². The summed E-state index contributed by atoms with van der Waals surface area (Å²) >= 11 is 13.4. The highest BCUT2D eigenvalue weighted by atomic mass is 35.5. The van der Waals surface area contributed by atoms with Crippen LogP contribution in [0, 0.1) is 6.92 Å². The minimum Gasteiger partial charge on any atom is -0.494 e. The van der Waals surface area contributed by atoms with Gasteiger partial charge in [-0.25, -0.2) is 4.98 Å². The van der Waals surface area contributed by atoms with Gasteiger partial charge in [-0.3, -0.25) is 10.1 Å². The van der Waals surface area contributed by atoms with E-state index in [2.05, 4.69) is 10.3 Å². The average molecular weight is 367 g/mol. The molecule has 7 heteroatoms. The van der Waals surface area contributed by atoms with E-state index in [1.54, 1.807) is 0 Å². The monoisotopic (exact) mass is 366 g/mol. The van der Waals surface area contributed by atoms with Crippen molar-refractivity contribution < 1.29 is 9.53 Å². The molecular formula is C16H12Cl2N2O2S. The third kappa shape index (κ3) is 3.27. The van der Waals surface area contributed by atoms with Crippen molar-refractivity contribution in [2.24, 2.45) is 0 Å². The number of aromatic nitrogens is 1. The summed E-state index contributed by atoms with van der Waals surface area (Å²) in [5.74, 6) is -0.0902. The van der Waals surface area contributed by atoms with Crippen molar-refractivity contribution in [1.29, 1.82) is 0 Å². The highest BCUT2D eigenvalue weighted by molar-refractivity contribution is 7.22. The molecule has 1 heterocycles. The smallest absolute Gasteiger partial charge is 0.261 e. The van der Waals surface area contributed by atoms with E-state index in [4.69, 9.17) is 27.9 Å². The standard InChI is InChI=1S/C16H12Cl2N2O2S/c1-8-3-4-12-13(5-8)23-16(19-12)20-15(21)10-6-9(17)7-11(18)14(10)22-2/h3-7H,1-2H3,(H,19,20,21). The number of aryl methyl sites for hydroxylation is 1. The molecule has 1 aromatic heterocycles. The van der Waals surface area contributed by atoms with Crippen LogP contribution in [0.5, 0.6) is 5.75 Å². The van der Waals surface area contributed by atoms with Crippen LogP contribution in [-0.2, 0) is 0 Å². The van der Waals surface area contributed by atoms with Crippen LogP contribution in [0.3, 0.4) is 0 Å². The van der Waals surface area contributed by atoms with E-state index in [0.29, 0.717) is 10.2 Å². The summed E-state index contributed by atoms with van der Waals surface area (Å²) < 4.78 is 6.21. The van der Waals surface area contributed by atoms with Crippen LogP contribution in [0.25, 0.3) is 10.2 Å². The Labute approximate surface area is 147 Å². The summed E-state index contributed by atoms with van der Waals surface area (Å²) in [6.45, 7) is 2.01. The zero-order valence-corrected chi connectivity index (χ0v) is 14.6. The molecule has 23 heavy (non-hydrogen) atoms. The Bertz CT molecular complexity index is 908. The predicted molar refractivity (Wildman–Crippen MR) is 95.3 cm³/mol. The average Bonchev–Trinajstić information content (AvgIpc) is 2.87. The van der Waals surface area contributed by atoms with Crippen molar-refractivity contribution >= 4 is 55.8 Å². The van der Waals surface area contributed by atoms with E-state index in [1.807, 2.05) is 25.1 Å². The summed E-state index contributed by atoms with van der Waals surface area (Å²) in [6, 6.07) is 8.97. The number of halogens is 2. The quantitative estimate of drug-likeness (QED) is 0.695. The second-order valence-corrected chi connectivity index (χ2v) is 6.79. The van der Waals surface area contributed by atoms with Crippen molar-refractivity contribution in [2.45, 2.75) is 6.92 Å². The fourth-order valence-electron chi connectivity index (χ4n) is 2.19. The molecule has 0 radical (unpaired) electrons. The van der Waals surface area contributed by atoms with Gasteiger partial charge in [-0.1, -0.05) is 40.6 Å². The number of fused-ring (bicyclic) bond motifs is 1. The first kappa shape index (κ1) is 16.1. The molecule has 1 amide bonds. The number of benzene rings is 2. The van der Waals surface area contributed by atoms with Crippen LogP contribution >= 0.6 is 34.5 Å². The van der Waals surface area contributed by atoms with E-state index >= 15 is 0 Å². The van der Waals surface area contributed by atoms with Crippen molar-refractivity contribution in [3.63, 3.8) is 0 Å². The number of amides is 1. The molecule has 0 bridgehead atoms. The molecule has 0 aliphatic rings. The van der Waals surface area contributed by atoms with E-state index in [1.165, 1.54) is 30.6 Å². The van der Waals surface area contributed by atoms with E-state index < -0.39 is 0 Å². The van der Waals surface area contributed by atoms with Gasteiger partial charge in [-0.05, 0) is 36.8 Å². The van der Waals surface area contributed by atoms with Gasteiger partial charge in [0, 0.05) is 5.02 Å². The molecule has 2 aromatic carbocycles. The van der Waals surface area contributed by atoms with Gasteiger partial charge in [-0.2, -0.15) is 0 Å². The lowest BCUT2D eigenvalue weighted by molar-refractivity contribution is 0.102. The fraction of sp³-hybridized carbons (Fsp3) is 0.125. The van der Waals surface area contributed by atoms with Gasteiger partial charge in [0.15, 0.2) is 5.13 Å². The van der Waals surface area contributed by atoms with Crippen LogP contribution in [-0.4, -0.2) is 18.0 Å². The number of methoxy groups -OCH3 is 1. The lowest BCUT2D eigenvalue weighted by Gasteiger charge is -2.10. The molecule has 1 N–H and O–H groups in total. The number of rotatable bonds is 3. The Morgan fingerprint density at radius 1 is 1.26 bits per heavy atom. The highest BCUT2D eigenvalue weighted by Crippen LogP contribution is 2.33. The lowest BCUT2D eigenvalue weighted by Crippen LogP contribution is -2.13. The molecule has 0 spiro atoms. The molecule has 4 nitrogen and oxygen atoms in total. The van der Waals surface area contributed by atoms with Crippen LogP contribution in [0.1, 0.15) is 15.9 Å². The molecule has 0 saturated heterocycles. The number of nitrogens with zero attached hydrogens (tertiary/aromatic N) is 1. The third-order valence-electron chi connectivity index (χ3n) is 3.22. The molecule has 0 atom stereocenters. The van der Waals surface area contributed by atoms with Crippen molar-refractivity contribution in [3.05, 3.63) is 51.5 Å². The molecule has 0 aliphatic carbocycles. The first-order chi connectivity index (χ1) is 11.0. The number of anilines is 1. The molecule has 118 valence electrons. The van der Waals surface area contributed by atoms with Gasteiger partial charge in [0.05, 0.1) is 27.9 Å². The fourth-order valence-corrected chi connectivity index (χ4v) is 3.72. The van der Waals surface area contributed by atoms with Crippen molar-refractivity contribution in [3.8, 4) is 5.75 Å². The summed E-state index contributed by atoms with van der Waals surface area (Å²) in [6.07, 6.45) is 0. The SMILES string of the molecule is COc1c(Cl)cc(Cl)cc1C(=O)Nc1nc2ccc(C)cc2s1. The summed E-state index contributed by atoms with van der Waals surface area (Å²) in [5, 5.41) is 3.92. The number of hydrogen-bond donors (Lipinski definition) is 1. The topological polar surface area (TPSA) is 51.2 Å². The van der Waals surface area contributed by atoms with Gasteiger partial charge in [0.1, 0.15) is 5.75 Å². The molecule has 3 rings (SSSR count). The largest absolute Gasteiger partial charge is 0.494 e. The van der Waals surface area contributed by atoms with Crippen molar-refractivity contribution in [1.82, 2.24) is 4.98 Å². The number of carbonyl (C=O) groups is 1. The van der Waals surface area contributed by atoms with Crippen LogP contribution in [0.2, 0.25) is 10.0 Å². The Balaban J connectivity index is 1.94. The minimum atomic E-state index is -0.373. The first-order valence-corrected chi connectivity index (χ1v) is 8.27. The second-order valence-electron chi connectivity index (χ2n) is 4.91. The van der Waals surface area contributed by atoms with Gasteiger partial charge in [0.25, 0.3) is 5.91 Å². The van der Waals surface area contributed by atoms with Crippen molar-refractivity contribution in [2.75, 3.05) is 12.4 Å². The Kier molecular flexibility index (Phi) is 4.43. The molecule has 0 saturated carbocycles. The Morgan fingerprint density at radius 3 is 2.78 bits per heavy atom. The minimum absolute atomic E-state index is 0.264. The summed E-state index contributed by atoms with van der Waals surface area (Å²) in [4.78, 5) is 16.9. The summed E-state index contributed by atoms with van der Waals surface area (Å²) in [7, 11) is 1.45. The van der Waals surface area contributed by atoms with E-state index in [-0.39, 0.29) is 22.2 Å². The maximum atomic E-state index is 12.5. The number of hydrogen-bond acceptors (Lipinski definition) is 4. The molecule has 0 fully saturated rings. The molecule has 3 aromatic rings. The van der Waals surface area contributed by atoms with Gasteiger partial charge in [0.2, 0.25) is 0 Å². The van der Waals surface area contributed by atoms with Gasteiger partial charge < -0.3 is 4.74 Å².